The second kappa shape index (κ2) is 6.12. The Kier molecular flexibility index (Phi) is 5.93. The second-order valence-electron chi connectivity index (χ2n) is 2.55. The summed E-state index contributed by atoms with van der Waals surface area (Å²) < 4.78 is 4.73. The Balaban J connectivity index is 0.00000169. The molecule has 0 bridgehead atoms. The van der Waals surface area contributed by atoms with Crippen LogP contribution in [0.25, 0.3) is 0 Å². The number of hydrogen-bond acceptors (Lipinski definition) is 2. The molecule has 0 aliphatic rings. The van der Waals surface area contributed by atoms with Gasteiger partial charge in [0.2, 0.25) is 0 Å². The number of ether oxygens (including phenoxy) is 1. The van der Waals surface area contributed by atoms with E-state index >= 15 is 0 Å². The van der Waals surface area contributed by atoms with Crippen molar-refractivity contribution < 1.29 is 4.74 Å². The monoisotopic (exact) mass is 253 g/mol. The summed E-state index contributed by atoms with van der Waals surface area (Å²) in [5, 5.41) is 8.33. The van der Waals surface area contributed by atoms with Crippen molar-refractivity contribution in [3.63, 3.8) is 0 Å². The van der Waals surface area contributed by atoms with Gasteiger partial charge in [-0.05, 0) is 17.7 Å². The summed E-state index contributed by atoms with van der Waals surface area (Å²) in [6, 6.07) is 5.27. The van der Waals surface area contributed by atoms with Gasteiger partial charge in [-0.2, -0.15) is 0 Å². The lowest BCUT2D eigenvalue weighted by Gasteiger charge is -2.03. The van der Waals surface area contributed by atoms with Crippen LogP contribution in [-0.2, 0) is 11.2 Å². The van der Waals surface area contributed by atoms with E-state index in [0.29, 0.717) is 16.5 Å². The highest BCUT2D eigenvalue weighted by Gasteiger charge is 2.02. The number of nitrogens with one attached hydrogen (secondary N) is 1. The van der Waals surface area contributed by atoms with Crippen molar-refractivity contribution in [2.24, 2.45) is 0 Å². The Morgan fingerprint density at radius 3 is 2.50 bits per heavy atom. The molecule has 1 N–H and O–H groups in total. The van der Waals surface area contributed by atoms with Gasteiger partial charge < -0.3 is 4.74 Å². The lowest BCUT2D eigenvalue weighted by molar-refractivity contribution is 0.390. The molecule has 0 aliphatic carbocycles. The molecule has 0 aliphatic heterocycles. The van der Waals surface area contributed by atoms with Gasteiger partial charge in [-0.15, -0.1) is 12.4 Å². The number of methoxy groups -OCH3 is 1. The maximum Gasteiger partial charge on any atom is 0.184 e. The molecule has 0 radical (unpaired) electrons. The zero-order chi connectivity index (χ0) is 9.84. The third-order valence-electron chi connectivity index (χ3n) is 1.60. The number of rotatable bonds is 2. The molecule has 0 saturated carbocycles. The molecule has 14 heavy (non-hydrogen) atoms. The first-order chi connectivity index (χ1) is 6.13. The summed E-state index contributed by atoms with van der Waals surface area (Å²) in [5.74, 6) is 0.207. The van der Waals surface area contributed by atoms with Crippen molar-refractivity contribution in [3.8, 4) is 0 Å². The molecule has 2 nitrogen and oxygen atoms in total. The fraction of sp³-hybridized carbons (Fsp3) is 0.222. The van der Waals surface area contributed by atoms with Crippen LogP contribution in [0.15, 0.2) is 18.2 Å². The molecule has 0 atom stereocenters. The number of hydrogen-bond donors (Lipinski definition) is 1. The van der Waals surface area contributed by atoms with E-state index < -0.39 is 0 Å². The first kappa shape index (κ1) is 13.6. The van der Waals surface area contributed by atoms with Crippen LogP contribution in [0.2, 0.25) is 10.0 Å². The summed E-state index contributed by atoms with van der Waals surface area (Å²) in [6.45, 7) is 0. The molecule has 0 unspecified atom stereocenters. The smallest absolute Gasteiger partial charge is 0.184 e. The van der Waals surface area contributed by atoms with E-state index in [1.807, 2.05) is 6.07 Å². The Morgan fingerprint density at radius 1 is 1.36 bits per heavy atom. The molecule has 1 aromatic rings. The third kappa shape index (κ3) is 3.74. The Hall–Kier alpha value is -0.440. The molecule has 0 amide bonds. The minimum Gasteiger partial charge on any atom is -0.484 e. The van der Waals surface area contributed by atoms with Crippen molar-refractivity contribution >= 4 is 41.5 Å². The quantitative estimate of drug-likeness (QED) is 0.635. The minimum atomic E-state index is 0. The highest BCUT2D eigenvalue weighted by molar-refractivity contribution is 6.42. The van der Waals surface area contributed by atoms with Gasteiger partial charge in [0.15, 0.2) is 5.90 Å². The highest BCUT2D eigenvalue weighted by atomic mass is 35.5. The summed E-state index contributed by atoms with van der Waals surface area (Å²) in [7, 11) is 1.47. The minimum absolute atomic E-state index is 0. The molecule has 0 heterocycles. The van der Waals surface area contributed by atoms with Crippen LogP contribution in [0.5, 0.6) is 0 Å². The van der Waals surface area contributed by atoms with Gasteiger partial charge in [0.25, 0.3) is 0 Å². The zero-order valence-electron chi connectivity index (χ0n) is 7.51. The van der Waals surface area contributed by atoms with E-state index in [4.69, 9.17) is 33.3 Å². The van der Waals surface area contributed by atoms with Crippen LogP contribution < -0.4 is 0 Å². The van der Waals surface area contributed by atoms with Crippen molar-refractivity contribution in [1.29, 1.82) is 5.41 Å². The molecular weight excluding hydrogens is 244 g/mol. The summed E-state index contributed by atoms with van der Waals surface area (Å²) in [5.41, 5.74) is 0.918. The average molecular weight is 255 g/mol. The van der Waals surface area contributed by atoms with Crippen molar-refractivity contribution in [2.75, 3.05) is 7.11 Å². The maximum absolute atomic E-state index is 7.30. The number of halogens is 3. The third-order valence-corrected chi connectivity index (χ3v) is 2.33. The van der Waals surface area contributed by atoms with Crippen molar-refractivity contribution in [1.82, 2.24) is 0 Å². The molecule has 78 valence electrons. The Bertz CT molecular complexity index is 328. The maximum atomic E-state index is 7.30. The fourth-order valence-electron chi connectivity index (χ4n) is 0.907. The fourth-order valence-corrected chi connectivity index (χ4v) is 1.23. The van der Waals surface area contributed by atoms with E-state index in [9.17, 15) is 0 Å². The summed E-state index contributed by atoms with van der Waals surface area (Å²) in [6.07, 6.45) is 0.438. The summed E-state index contributed by atoms with van der Waals surface area (Å²) in [4.78, 5) is 0. The van der Waals surface area contributed by atoms with Gasteiger partial charge in [-0.1, -0.05) is 29.3 Å². The number of benzene rings is 1. The topological polar surface area (TPSA) is 33.1 Å². The molecule has 1 rings (SSSR count). The molecule has 0 fully saturated rings. The van der Waals surface area contributed by atoms with E-state index in [0.717, 1.165) is 5.56 Å². The summed E-state index contributed by atoms with van der Waals surface area (Å²) >= 11 is 11.5. The van der Waals surface area contributed by atoms with Crippen LogP contribution in [0.1, 0.15) is 5.56 Å². The molecule has 1 aromatic carbocycles. The van der Waals surface area contributed by atoms with Gasteiger partial charge >= 0.3 is 0 Å². The largest absolute Gasteiger partial charge is 0.484 e. The van der Waals surface area contributed by atoms with Gasteiger partial charge in [0.1, 0.15) is 0 Å². The highest BCUT2D eigenvalue weighted by Crippen LogP contribution is 2.22. The Morgan fingerprint density at radius 2 is 2.00 bits per heavy atom. The van der Waals surface area contributed by atoms with Gasteiger partial charge in [0.05, 0.1) is 17.2 Å². The predicted molar refractivity (Wildman–Crippen MR) is 62.1 cm³/mol. The first-order valence-electron chi connectivity index (χ1n) is 3.69. The van der Waals surface area contributed by atoms with Crippen molar-refractivity contribution in [2.45, 2.75) is 6.42 Å². The van der Waals surface area contributed by atoms with Gasteiger partial charge in [-0.3, -0.25) is 5.41 Å². The SMILES string of the molecule is COC(=N)Cc1ccc(Cl)c(Cl)c1.Cl. The van der Waals surface area contributed by atoms with E-state index in [1.54, 1.807) is 12.1 Å². The lowest BCUT2D eigenvalue weighted by atomic mass is 10.1. The van der Waals surface area contributed by atoms with Crippen LogP contribution in [0, 0.1) is 5.41 Å². The van der Waals surface area contributed by atoms with Crippen molar-refractivity contribution in [3.05, 3.63) is 33.8 Å². The van der Waals surface area contributed by atoms with Crippen LogP contribution in [-0.4, -0.2) is 13.0 Å². The molecule has 0 aromatic heterocycles. The molecule has 5 heteroatoms. The van der Waals surface area contributed by atoms with Crippen LogP contribution in [0.4, 0.5) is 0 Å². The zero-order valence-corrected chi connectivity index (χ0v) is 9.84. The van der Waals surface area contributed by atoms with Gasteiger partial charge in [-0.25, -0.2) is 0 Å². The standard InChI is InChI=1S/C9H9Cl2NO.ClH/c1-13-9(12)5-6-2-3-7(10)8(11)4-6;/h2-4,12H,5H2,1H3;1H. The van der Waals surface area contributed by atoms with Crippen LogP contribution >= 0.6 is 35.6 Å². The Labute approximate surface area is 99.1 Å². The van der Waals surface area contributed by atoms with E-state index in [1.165, 1.54) is 7.11 Å². The van der Waals surface area contributed by atoms with E-state index in [2.05, 4.69) is 0 Å². The lowest BCUT2D eigenvalue weighted by Crippen LogP contribution is -2.03. The molecule has 0 spiro atoms. The van der Waals surface area contributed by atoms with Gasteiger partial charge in [0, 0.05) is 6.42 Å². The first-order valence-corrected chi connectivity index (χ1v) is 4.44. The van der Waals surface area contributed by atoms with E-state index in [-0.39, 0.29) is 18.3 Å². The average Bonchev–Trinajstić information content (AvgIpc) is 2.11. The molecule has 0 saturated heterocycles. The molecular formula is C9H10Cl3NO. The normalized spacial score (nSPS) is 9.07. The van der Waals surface area contributed by atoms with Crippen LogP contribution in [0.3, 0.4) is 0 Å². The second-order valence-corrected chi connectivity index (χ2v) is 3.37. The predicted octanol–water partition coefficient (Wildman–Crippen LogP) is 3.58.